The summed E-state index contributed by atoms with van der Waals surface area (Å²) < 4.78 is 31.7. The molecule has 1 aromatic carbocycles. The zero-order valence-electron chi connectivity index (χ0n) is 18.1. The van der Waals surface area contributed by atoms with Crippen LogP contribution in [-0.4, -0.2) is 49.6 Å². The van der Waals surface area contributed by atoms with Crippen molar-refractivity contribution in [2.24, 2.45) is 0 Å². The molecule has 34 heavy (non-hydrogen) atoms. The molecular weight excluding hydrogens is 457 g/mol. The molecule has 3 rings (SSSR count). The molecule has 4 N–H and O–H groups in total. The van der Waals surface area contributed by atoms with Gasteiger partial charge < -0.3 is 20.7 Å². The minimum Gasteiger partial charge on any atom is -0.475 e. The Balaban J connectivity index is 0.000000509. The van der Waals surface area contributed by atoms with E-state index in [2.05, 4.69) is 30.6 Å². The van der Waals surface area contributed by atoms with Crippen molar-refractivity contribution in [1.29, 1.82) is 0 Å². The number of carboxylic acids is 1. The van der Waals surface area contributed by atoms with Crippen LogP contribution in [0, 0.1) is 6.92 Å². The van der Waals surface area contributed by atoms with Crippen molar-refractivity contribution in [3.63, 3.8) is 0 Å². The molecule has 2 heterocycles. The predicted octanol–water partition coefficient (Wildman–Crippen LogP) is 2.53. The standard InChI is InChI=1S/C19H20N6O2.C2HF3O2/c1-3-21-15-5-4-12(2)8-14(15)19(27)23-10-13-9-17(26)25-18(24-13)16-11-20-6-7-22-16;3-2(4,5)1(6)7/h4-9,11,21H,3,10H2,1-2H3,(H,23,27)(H,24,25,26);(H,6,7). The molecule has 180 valence electrons. The summed E-state index contributed by atoms with van der Waals surface area (Å²) in [6.45, 7) is 4.73. The molecule has 3 aromatic rings. The molecule has 10 nitrogen and oxygen atoms in total. The molecule has 0 radical (unpaired) electrons. The summed E-state index contributed by atoms with van der Waals surface area (Å²) in [6, 6.07) is 7.00. The van der Waals surface area contributed by atoms with Crippen LogP contribution in [-0.2, 0) is 11.3 Å². The number of hydrogen-bond acceptors (Lipinski definition) is 7. The van der Waals surface area contributed by atoms with Crippen LogP contribution in [0.1, 0.15) is 28.5 Å². The first kappa shape index (κ1) is 26.0. The van der Waals surface area contributed by atoms with Crippen molar-refractivity contribution in [2.45, 2.75) is 26.6 Å². The minimum atomic E-state index is -5.08. The molecule has 2 aromatic heterocycles. The number of alkyl halides is 3. The summed E-state index contributed by atoms with van der Waals surface area (Å²) in [4.78, 5) is 48.5. The van der Waals surface area contributed by atoms with Gasteiger partial charge in [0.05, 0.1) is 24.0 Å². The minimum absolute atomic E-state index is 0.121. The Morgan fingerprint density at radius 1 is 1.18 bits per heavy atom. The van der Waals surface area contributed by atoms with Crippen LogP contribution in [0.4, 0.5) is 18.9 Å². The normalized spacial score (nSPS) is 10.6. The van der Waals surface area contributed by atoms with Gasteiger partial charge in [-0.15, -0.1) is 0 Å². The Kier molecular flexibility index (Phi) is 8.81. The SMILES string of the molecule is CCNc1ccc(C)cc1C(=O)NCc1cc(=O)[nH]c(-c2cnccn2)n1.O=C(O)C(F)(F)F. The lowest BCUT2D eigenvalue weighted by molar-refractivity contribution is -0.192. The molecule has 0 aliphatic heterocycles. The highest BCUT2D eigenvalue weighted by molar-refractivity contribution is 5.99. The van der Waals surface area contributed by atoms with Crippen molar-refractivity contribution >= 4 is 17.6 Å². The van der Waals surface area contributed by atoms with Gasteiger partial charge in [0.15, 0.2) is 5.82 Å². The largest absolute Gasteiger partial charge is 0.490 e. The van der Waals surface area contributed by atoms with Crippen LogP contribution in [0.25, 0.3) is 11.5 Å². The lowest BCUT2D eigenvalue weighted by atomic mass is 10.1. The monoisotopic (exact) mass is 478 g/mol. The second-order valence-electron chi connectivity index (χ2n) is 6.74. The molecule has 0 saturated carbocycles. The first-order valence-corrected chi connectivity index (χ1v) is 9.80. The number of anilines is 1. The number of aryl methyl sites for hydroxylation is 1. The van der Waals surface area contributed by atoms with E-state index in [4.69, 9.17) is 9.90 Å². The number of nitrogens with zero attached hydrogens (tertiary/aromatic N) is 3. The molecule has 0 aliphatic carbocycles. The number of amides is 1. The van der Waals surface area contributed by atoms with E-state index in [1.54, 1.807) is 0 Å². The summed E-state index contributed by atoms with van der Waals surface area (Å²) in [5, 5.41) is 13.1. The molecule has 13 heteroatoms. The van der Waals surface area contributed by atoms with Gasteiger partial charge in [-0.2, -0.15) is 13.2 Å². The van der Waals surface area contributed by atoms with Gasteiger partial charge in [0.25, 0.3) is 11.5 Å². The number of benzene rings is 1. The number of rotatable bonds is 6. The van der Waals surface area contributed by atoms with Gasteiger partial charge in [-0.05, 0) is 26.0 Å². The van der Waals surface area contributed by atoms with Crippen LogP contribution in [0.15, 0.2) is 47.7 Å². The number of carbonyl (C=O) groups is 2. The van der Waals surface area contributed by atoms with Gasteiger partial charge in [-0.1, -0.05) is 11.6 Å². The number of carboxylic acid groups (broad SMARTS) is 1. The van der Waals surface area contributed by atoms with E-state index in [1.807, 2.05) is 32.0 Å². The molecule has 0 unspecified atom stereocenters. The lowest BCUT2D eigenvalue weighted by Crippen LogP contribution is -2.25. The fourth-order valence-corrected chi connectivity index (χ4v) is 2.60. The third kappa shape index (κ3) is 7.69. The van der Waals surface area contributed by atoms with Crippen LogP contribution >= 0.6 is 0 Å². The number of nitrogens with one attached hydrogen (secondary N) is 3. The van der Waals surface area contributed by atoms with E-state index in [0.29, 0.717) is 29.3 Å². The van der Waals surface area contributed by atoms with Gasteiger partial charge in [-0.3, -0.25) is 14.6 Å². The average Bonchev–Trinajstić information content (AvgIpc) is 2.79. The summed E-state index contributed by atoms with van der Waals surface area (Å²) in [7, 11) is 0. The Bertz CT molecular complexity index is 1200. The number of halogens is 3. The average molecular weight is 478 g/mol. The zero-order chi connectivity index (χ0) is 25.3. The molecule has 0 bridgehead atoms. The number of hydrogen-bond donors (Lipinski definition) is 4. The third-order valence-electron chi connectivity index (χ3n) is 4.06. The van der Waals surface area contributed by atoms with Gasteiger partial charge in [-0.25, -0.2) is 14.8 Å². The van der Waals surface area contributed by atoms with Crippen molar-refractivity contribution in [3.8, 4) is 11.5 Å². The van der Waals surface area contributed by atoms with E-state index in [0.717, 1.165) is 11.3 Å². The first-order valence-electron chi connectivity index (χ1n) is 9.80. The third-order valence-corrected chi connectivity index (χ3v) is 4.06. The Hall–Kier alpha value is -4.29. The molecule has 0 aliphatic rings. The van der Waals surface area contributed by atoms with E-state index in [-0.39, 0.29) is 18.0 Å². The van der Waals surface area contributed by atoms with E-state index < -0.39 is 12.1 Å². The Morgan fingerprint density at radius 3 is 2.47 bits per heavy atom. The molecule has 0 saturated heterocycles. The fraction of sp³-hybridized carbons (Fsp3) is 0.238. The first-order chi connectivity index (χ1) is 16.0. The van der Waals surface area contributed by atoms with Crippen molar-refractivity contribution in [3.05, 3.63) is 70.0 Å². The smallest absolute Gasteiger partial charge is 0.475 e. The molecule has 0 fully saturated rings. The van der Waals surface area contributed by atoms with Crippen LogP contribution in [0.3, 0.4) is 0 Å². The fourth-order valence-electron chi connectivity index (χ4n) is 2.60. The maximum absolute atomic E-state index is 12.6. The topological polar surface area (TPSA) is 150 Å². The molecular formula is C21H21F3N6O4. The van der Waals surface area contributed by atoms with Gasteiger partial charge in [0.2, 0.25) is 0 Å². The maximum Gasteiger partial charge on any atom is 0.490 e. The van der Waals surface area contributed by atoms with Gasteiger partial charge >= 0.3 is 12.1 Å². The highest BCUT2D eigenvalue weighted by Crippen LogP contribution is 2.17. The van der Waals surface area contributed by atoms with Crippen molar-refractivity contribution in [1.82, 2.24) is 25.3 Å². The lowest BCUT2D eigenvalue weighted by Gasteiger charge is -2.12. The van der Waals surface area contributed by atoms with Crippen LogP contribution < -0.4 is 16.2 Å². The van der Waals surface area contributed by atoms with E-state index in [9.17, 15) is 22.8 Å². The summed E-state index contributed by atoms with van der Waals surface area (Å²) >= 11 is 0. The molecule has 1 amide bonds. The summed E-state index contributed by atoms with van der Waals surface area (Å²) in [5.74, 6) is -2.69. The second kappa shape index (κ2) is 11.5. The number of carbonyl (C=O) groups excluding carboxylic acids is 1. The number of aliphatic carboxylic acids is 1. The highest BCUT2D eigenvalue weighted by Gasteiger charge is 2.38. The second-order valence-corrected chi connectivity index (χ2v) is 6.74. The quantitative estimate of drug-likeness (QED) is 0.422. The van der Waals surface area contributed by atoms with E-state index in [1.165, 1.54) is 24.7 Å². The zero-order valence-corrected chi connectivity index (χ0v) is 18.1. The Labute approximate surface area is 191 Å². The van der Waals surface area contributed by atoms with E-state index >= 15 is 0 Å². The number of aromatic amines is 1. The van der Waals surface area contributed by atoms with Crippen molar-refractivity contribution < 1.29 is 27.9 Å². The molecule has 0 spiro atoms. The van der Waals surface area contributed by atoms with Gasteiger partial charge in [0, 0.05) is 30.7 Å². The van der Waals surface area contributed by atoms with Crippen LogP contribution in [0.5, 0.6) is 0 Å². The van der Waals surface area contributed by atoms with Crippen LogP contribution in [0.2, 0.25) is 0 Å². The maximum atomic E-state index is 12.6. The highest BCUT2D eigenvalue weighted by atomic mass is 19.4. The van der Waals surface area contributed by atoms with Gasteiger partial charge in [0.1, 0.15) is 5.69 Å². The number of H-pyrrole nitrogens is 1. The summed E-state index contributed by atoms with van der Waals surface area (Å²) in [5.41, 5.74) is 2.87. The number of aromatic nitrogens is 4. The Morgan fingerprint density at radius 2 is 1.88 bits per heavy atom. The predicted molar refractivity (Wildman–Crippen MR) is 116 cm³/mol. The summed E-state index contributed by atoms with van der Waals surface area (Å²) in [6.07, 6.45) is -0.519. The van der Waals surface area contributed by atoms with Crippen molar-refractivity contribution in [2.75, 3.05) is 11.9 Å². The molecule has 0 atom stereocenters.